The maximum Gasteiger partial charge on any atom is 0.259 e. The maximum atomic E-state index is 14.2. The highest BCUT2D eigenvalue weighted by Crippen LogP contribution is 2.30. The third-order valence-corrected chi connectivity index (χ3v) is 5.94. The smallest absolute Gasteiger partial charge is 0.259 e. The molecule has 142 valence electrons. The lowest BCUT2D eigenvalue weighted by atomic mass is 10.00. The molecule has 1 atom stereocenters. The summed E-state index contributed by atoms with van der Waals surface area (Å²) in [6.45, 7) is 1.76. The fourth-order valence-corrected chi connectivity index (χ4v) is 4.09. The Morgan fingerprint density at radius 2 is 1.81 bits per heavy atom. The lowest BCUT2D eigenvalue weighted by molar-refractivity contribution is 0.602. The number of nitrogens with zero attached hydrogens (tertiary/aromatic N) is 1. The van der Waals surface area contributed by atoms with Crippen LogP contribution < -0.4 is 10.9 Å². The molecule has 0 aliphatic carbocycles. The van der Waals surface area contributed by atoms with E-state index in [2.05, 4.69) is 5.32 Å². The molecule has 3 rings (SSSR count). The van der Waals surface area contributed by atoms with Gasteiger partial charge in [-0.25, -0.2) is 12.8 Å². The Balaban J connectivity index is 2.16. The summed E-state index contributed by atoms with van der Waals surface area (Å²) in [5, 5.41) is 4.06. The highest BCUT2D eigenvalue weighted by molar-refractivity contribution is 7.90. The molecule has 0 aliphatic rings. The standard InChI is InChI=1S/C19H18ClFN2O3S/c1-11(22-16-6-4-5-7-17(16)27(3,25)26)13-8-12(21)9-15-14(13)10-18(20)23(2)19(15)24/h4-11,22H,1-3H3/t11-/m1/s1. The maximum absolute atomic E-state index is 14.2. The van der Waals surface area contributed by atoms with E-state index in [-0.39, 0.29) is 15.4 Å². The van der Waals surface area contributed by atoms with Crippen molar-refractivity contribution in [1.29, 1.82) is 0 Å². The lowest BCUT2D eigenvalue weighted by Crippen LogP contribution is -2.19. The van der Waals surface area contributed by atoms with E-state index in [1.165, 1.54) is 29.8 Å². The van der Waals surface area contributed by atoms with Crippen molar-refractivity contribution in [2.75, 3.05) is 11.6 Å². The van der Waals surface area contributed by atoms with E-state index in [1.54, 1.807) is 31.2 Å². The van der Waals surface area contributed by atoms with Crippen LogP contribution in [0, 0.1) is 5.82 Å². The Hall–Kier alpha value is -2.38. The molecule has 1 N–H and O–H groups in total. The Morgan fingerprint density at radius 3 is 2.48 bits per heavy atom. The van der Waals surface area contributed by atoms with Crippen LogP contribution in [0.2, 0.25) is 5.15 Å². The average molecular weight is 409 g/mol. The van der Waals surface area contributed by atoms with Crippen molar-refractivity contribution in [2.24, 2.45) is 7.05 Å². The normalized spacial score (nSPS) is 12.9. The van der Waals surface area contributed by atoms with Gasteiger partial charge in [0, 0.05) is 19.3 Å². The first-order valence-corrected chi connectivity index (χ1v) is 10.4. The summed E-state index contributed by atoms with van der Waals surface area (Å²) < 4.78 is 39.4. The van der Waals surface area contributed by atoms with Gasteiger partial charge in [0.2, 0.25) is 0 Å². The van der Waals surface area contributed by atoms with Gasteiger partial charge in [0.05, 0.1) is 16.0 Å². The third kappa shape index (κ3) is 3.70. The molecule has 27 heavy (non-hydrogen) atoms. The minimum Gasteiger partial charge on any atom is -0.377 e. The number of hydrogen-bond donors (Lipinski definition) is 1. The zero-order valence-electron chi connectivity index (χ0n) is 15.0. The van der Waals surface area contributed by atoms with Gasteiger partial charge < -0.3 is 9.88 Å². The minimum atomic E-state index is -3.44. The number of benzene rings is 2. The molecule has 1 heterocycles. The van der Waals surface area contributed by atoms with Crippen molar-refractivity contribution in [1.82, 2.24) is 4.57 Å². The summed E-state index contributed by atoms with van der Waals surface area (Å²) in [5.74, 6) is -0.554. The van der Waals surface area contributed by atoms with E-state index in [4.69, 9.17) is 11.6 Å². The molecule has 0 amide bonds. The van der Waals surface area contributed by atoms with Crippen LogP contribution in [0.5, 0.6) is 0 Å². The summed E-state index contributed by atoms with van der Waals surface area (Å²) in [6, 6.07) is 10.1. The molecule has 2 aromatic carbocycles. The molecule has 1 aromatic heterocycles. The molecule has 3 aromatic rings. The number of anilines is 1. The minimum absolute atomic E-state index is 0.145. The van der Waals surface area contributed by atoms with Gasteiger partial charge in [-0.2, -0.15) is 0 Å². The van der Waals surface area contributed by atoms with Gasteiger partial charge in [-0.1, -0.05) is 23.7 Å². The van der Waals surface area contributed by atoms with Crippen molar-refractivity contribution in [3.8, 4) is 0 Å². The Morgan fingerprint density at radius 1 is 1.15 bits per heavy atom. The number of fused-ring (bicyclic) bond motifs is 1. The first-order chi connectivity index (χ1) is 12.6. The highest BCUT2D eigenvalue weighted by atomic mass is 35.5. The molecule has 8 heteroatoms. The molecule has 0 spiro atoms. The SMILES string of the molecule is C[C@@H](Nc1ccccc1S(C)(=O)=O)c1cc(F)cc2c(=O)n(C)c(Cl)cc12. The number of halogens is 2. The van der Waals surface area contributed by atoms with E-state index >= 15 is 0 Å². The fourth-order valence-electron chi connectivity index (χ4n) is 3.05. The second kappa shape index (κ2) is 6.98. The molecule has 5 nitrogen and oxygen atoms in total. The van der Waals surface area contributed by atoms with Crippen molar-refractivity contribution < 1.29 is 12.8 Å². The number of pyridine rings is 1. The van der Waals surface area contributed by atoms with Crippen LogP contribution in [-0.2, 0) is 16.9 Å². The predicted octanol–water partition coefficient (Wildman–Crippen LogP) is 3.91. The largest absolute Gasteiger partial charge is 0.377 e. The van der Waals surface area contributed by atoms with Crippen molar-refractivity contribution in [3.05, 3.63) is 69.4 Å². The summed E-state index contributed by atoms with van der Waals surface area (Å²) in [5.41, 5.74) is 0.509. The predicted molar refractivity (Wildman–Crippen MR) is 106 cm³/mol. The van der Waals surface area contributed by atoms with Gasteiger partial charge >= 0.3 is 0 Å². The molecule has 0 radical (unpaired) electrons. The zero-order valence-corrected chi connectivity index (χ0v) is 16.5. The van der Waals surface area contributed by atoms with Crippen LogP contribution in [0.3, 0.4) is 0 Å². The van der Waals surface area contributed by atoms with Gasteiger partial charge in [-0.15, -0.1) is 0 Å². The summed E-state index contributed by atoms with van der Waals surface area (Å²) in [6.07, 6.45) is 1.12. The van der Waals surface area contributed by atoms with Crippen molar-refractivity contribution in [2.45, 2.75) is 17.9 Å². The number of rotatable bonds is 4. The third-order valence-electron chi connectivity index (χ3n) is 4.42. The Labute approximate surface area is 161 Å². The number of sulfone groups is 1. The summed E-state index contributed by atoms with van der Waals surface area (Å²) in [7, 11) is -1.93. The molecule has 0 bridgehead atoms. The quantitative estimate of drug-likeness (QED) is 0.664. The number of para-hydroxylation sites is 1. The Kier molecular flexibility index (Phi) is 5.01. The fraction of sp³-hybridized carbons (Fsp3) is 0.211. The van der Waals surface area contributed by atoms with Crippen LogP contribution in [-0.4, -0.2) is 19.2 Å². The van der Waals surface area contributed by atoms with Crippen molar-refractivity contribution >= 4 is 37.9 Å². The van der Waals surface area contributed by atoms with Crippen molar-refractivity contribution in [3.63, 3.8) is 0 Å². The van der Waals surface area contributed by atoms with E-state index in [1.807, 2.05) is 0 Å². The second-order valence-corrected chi connectivity index (χ2v) is 8.79. The lowest BCUT2D eigenvalue weighted by Gasteiger charge is -2.20. The van der Waals surface area contributed by atoms with Crippen LogP contribution in [0.4, 0.5) is 10.1 Å². The average Bonchev–Trinajstić information content (AvgIpc) is 2.59. The number of aromatic nitrogens is 1. The van der Waals surface area contributed by atoms with Gasteiger partial charge in [-0.05, 0) is 48.2 Å². The molecule has 0 saturated heterocycles. The van der Waals surface area contributed by atoms with Crippen LogP contribution in [0.1, 0.15) is 18.5 Å². The van der Waals surface area contributed by atoms with Crippen LogP contribution in [0.25, 0.3) is 10.8 Å². The molecule has 0 saturated carbocycles. The second-order valence-electron chi connectivity index (χ2n) is 6.42. The number of hydrogen-bond acceptors (Lipinski definition) is 4. The number of nitrogens with one attached hydrogen (secondary N) is 1. The van der Waals surface area contributed by atoms with Gasteiger partial charge in [0.15, 0.2) is 9.84 Å². The monoisotopic (exact) mass is 408 g/mol. The molecular weight excluding hydrogens is 391 g/mol. The molecule has 0 fully saturated rings. The van der Waals surface area contributed by atoms with E-state index in [9.17, 15) is 17.6 Å². The topological polar surface area (TPSA) is 68.2 Å². The van der Waals surface area contributed by atoms with Crippen LogP contribution in [0.15, 0.2) is 52.2 Å². The first kappa shape index (κ1) is 19.4. The van der Waals surface area contributed by atoms with Gasteiger partial charge in [0.25, 0.3) is 5.56 Å². The summed E-state index contributed by atoms with van der Waals surface area (Å²) in [4.78, 5) is 12.6. The first-order valence-electron chi connectivity index (χ1n) is 8.14. The Bertz CT molecular complexity index is 1210. The zero-order chi connectivity index (χ0) is 19.9. The highest BCUT2D eigenvalue weighted by Gasteiger charge is 2.18. The van der Waals surface area contributed by atoms with E-state index in [0.717, 1.165) is 6.26 Å². The van der Waals surface area contributed by atoms with E-state index in [0.29, 0.717) is 16.6 Å². The van der Waals surface area contributed by atoms with Crippen LogP contribution >= 0.6 is 11.6 Å². The molecular formula is C19H18ClFN2O3S. The van der Waals surface area contributed by atoms with Gasteiger partial charge in [0.1, 0.15) is 11.0 Å². The molecule has 0 unspecified atom stereocenters. The summed E-state index contributed by atoms with van der Waals surface area (Å²) >= 11 is 6.12. The van der Waals surface area contributed by atoms with E-state index < -0.39 is 27.3 Å². The van der Waals surface area contributed by atoms with Gasteiger partial charge in [-0.3, -0.25) is 4.79 Å². The molecule has 0 aliphatic heterocycles.